The first-order valence-electron chi connectivity index (χ1n) is 7.98. The Hall–Kier alpha value is -2.04. The second-order valence-electron chi connectivity index (χ2n) is 6.39. The number of rotatable bonds is 4. The van der Waals surface area contributed by atoms with Crippen LogP contribution in [-0.4, -0.2) is 43.9 Å². The maximum absolute atomic E-state index is 12.4. The van der Waals surface area contributed by atoms with Crippen LogP contribution in [0.1, 0.15) is 36.0 Å². The van der Waals surface area contributed by atoms with Gasteiger partial charge in [-0.25, -0.2) is 0 Å². The third-order valence-corrected chi connectivity index (χ3v) is 4.30. The molecule has 118 valence electrons. The molecule has 5 heteroatoms. The van der Waals surface area contributed by atoms with E-state index in [1.54, 1.807) is 19.0 Å². The smallest absolute Gasteiger partial charge is 0.255 e. The van der Waals surface area contributed by atoms with Crippen molar-refractivity contribution in [1.29, 1.82) is 0 Å². The largest absolute Gasteiger partial charge is 0.371 e. The van der Waals surface area contributed by atoms with Crippen molar-refractivity contribution in [2.75, 3.05) is 37.4 Å². The first kappa shape index (κ1) is 14.9. The first-order valence-corrected chi connectivity index (χ1v) is 7.98. The highest BCUT2D eigenvalue weighted by Crippen LogP contribution is 2.32. The summed E-state index contributed by atoms with van der Waals surface area (Å²) in [5.74, 6) is 0.277. The van der Waals surface area contributed by atoms with Crippen LogP contribution in [0.3, 0.4) is 0 Å². The number of carbonyl (C=O) groups excluding carboxylic acids is 2. The Morgan fingerprint density at radius 3 is 2.45 bits per heavy atom. The Labute approximate surface area is 131 Å². The average Bonchev–Trinajstić information content (AvgIpc) is 3.22. The van der Waals surface area contributed by atoms with Crippen molar-refractivity contribution in [2.45, 2.75) is 25.7 Å². The van der Waals surface area contributed by atoms with Crippen LogP contribution in [-0.2, 0) is 4.79 Å². The van der Waals surface area contributed by atoms with Gasteiger partial charge in [0.2, 0.25) is 5.91 Å². The second kappa shape index (κ2) is 5.99. The fourth-order valence-corrected chi connectivity index (χ4v) is 2.84. The molecule has 1 aliphatic carbocycles. The van der Waals surface area contributed by atoms with Crippen LogP contribution in [0.2, 0.25) is 0 Å². The predicted octanol–water partition coefficient (Wildman–Crippen LogP) is 2.34. The maximum atomic E-state index is 12.4. The van der Waals surface area contributed by atoms with E-state index < -0.39 is 0 Å². The topological polar surface area (TPSA) is 52.7 Å². The minimum absolute atomic E-state index is 0.00182. The van der Waals surface area contributed by atoms with Gasteiger partial charge in [0.05, 0.1) is 11.3 Å². The van der Waals surface area contributed by atoms with E-state index >= 15 is 0 Å². The molecule has 3 rings (SSSR count). The summed E-state index contributed by atoms with van der Waals surface area (Å²) in [6.07, 6.45) is 4.27. The summed E-state index contributed by atoms with van der Waals surface area (Å²) in [4.78, 5) is 28.2. The van der Waals surface area contributed by atoms with Gasteiger partial charge in [-0.3, -0.25) is 9.59 Å². The molecule has 0 aromatic heterocycles. The summed E-state index contributed by atoms with van der Waals surface area (Å²) in [6, 6.07) is 5.61. The van der Waals surface area contributed by atoms with Crippen LogP contribution in [0.4, 0.5) is 11.4 Å². The number of amides is 2. The molecule has 1 aliphatic heterocycles. The van der Waals surface area contributed by atoms with E-state index in [0.29, 0.717) is 5.56 Å². The minimum atomic E-state index is 0.00182. The monoisotopic (exact) mass is 301 g/mol. The fraction of sp³-hybridized carbons (Fsp3) is 0.529. The number of nitrogens with one attached hydrogen (secondary N) is 1. The Kier molecular flexibility index (Phi) is 4.05. The molecule has 5 nitrogen and oxygen atoms in total. The van der Waals surface area contributed by atoms with Gasteiger partial charge >= 0.3 is 0 Å². The van der Waals surface area contributed by atoms with E-state index in [0.717, 1.165) is 50.1 Å². The van der Waals surface area contributed by atoms with E-state index in [1.807, 2.05) is 18.2 Å². The molecule has 2 aliphatic rings. The Bertz CT molecular complexity index is 588. The molecule has 1 aromatic carbocycles. The molecule has 22 heavy (non-hydrogen) atoms. The molecule has 1 saturated heterocycles. The van der Waals surface area contributed by atoms with E-state index in [-0.39, 0.29) is 17.7 Å². The molecule has 1 N–H and O–H groups in total. The third kappa shape index (κ3) is 3.08. The lowest BCUT2D eigenvalue weighted by Crippen LogP contribution is -2.27. The van der Waals surface area contributed by atoms with Crippen molar-refractivity contribution in [2.24, 2.45) is 5.92 Å². The minimum Gasteiger partial charge on any atom is -0.371 e. The summed E-state index contributed by atoms with van der Waals surface area (Å²) in [5.41, 5.74) is 2.43. The van der Waals surface area contributed by atoms with Gasteiger partial charge in [0.1, 0.15) is 0 Å². The molecular weight excluding hydrogens is 278 g/mol. The van der Waals surface area contributed by atoms with Crippen molar-refractivity contribution in [1.82, 2.24) is 4.90 Å². The van der Waals surface area contributed by atoms with Crippen molar-refractivity contribution in [3.63, 3.8) is 0 Å². The van der Waals surface area contributed by atoms with Crippen LogP contribution in [0, 0.1) is 5.92 Å². The van der Waals surface area contributed by atoms with Crippen molar-refractivity contribution in [3.05, 3.63) is 23.8 Å². The van der Waals surface area contributed by atoms with Gasteiger partial charge < -0.3 is 15.1 Å². The van der Waals surface area contributed by atoms with Gasteiger partial charge in [0.15, 0.2) is 0 Å². The summed E-state index contributed by atoms with van der Waals surface area (Å²) in [6.45, 7) is 1.93. The van der Waals surface area contributed by atoms with Gasteiger partial charge in [-0.05, 0) is 43.9 Å². The molecular formula is C17H23N3O2. The highest BCUT2D eigenvalue weighted by atomic mass is 16.2. The van der Waals surface area contributed by atoms with Gasteiger partial charge in [0.25, 0.3) is 5.91 Å². The van der Waals surface area contributed by atoms with Crippen molar-refractivity contribution < 1.29 is 9.59 Å². The van der Waals surface area contributed by atoms with Crippen molar-refractivity contribution in [3.8, 4) is 0 Å². The zero-order valence-electron chi connectivity index (χ0n) is 13.3. The lowest BCUT2D eigenvalue weighted by molar-refractivity contribution is -0.117. The molecule has 0 spiro atoms. The quantitative estimate of drug-likeness (QED) is 0.928. The highest BCUT2D eigenvalue weighted by molar-refractivity contribution is 6.01. The zero-order chi connectivity index (χ0) is 15.7. The average molecular weight is 301 g/mol. The number of carbonyl (C=O) groups is 2. The SMILES string of the molecule is CN(C)C(=O)c1ccc(NC(=O)C2CC2)cc1N1CCCC1. The molecule has 2 amide bonds. The molecule has 1 aromatic rings. The van der Waals surface area contributed by atoms with Crippen LogP contribution in [0.5, 0.6) is 0 Å². The van der Waals surface area contributed by atoms with Gasteiger partial charge in [-0.2, -0.15) is 0 Å². The van der Waals surface area contributed by atoms with E-state index in [2.05, 4.69) is 10.2 Å². The lowest BCUT2D eigenvalue weighted by atomic mass is 10.1. The van der Waals surface area contributed by atoms with E-state index in [4.69, 9.17) is 0 Å². The predicted molar refractivity (Wildman–Crippen MR) is 87.3 cm³/mol. The highest BCUT2D eigenvalue weighted by Gasteiger charge is 2.30. The van der Waals surface area contributed by atoms with Crippen molar-refractivity contribution >= 4 is 23.2 Å². The lowest BCUT2D eigenvalue weighted by Gasteiger charge is -2.23. The van der Waals surface area contributed by atoms with Gasteiger partial charge in [-0.15, -0.1) is 0 Å². The number of benzene rings is 1. The Balaban J connectivity index is 1.89. The number of hydrogen-bond acceptors (Lipinski definition) is 3. The third-order valence-electron chi connectivity index (χ3n) is 4.30. The van der Waals surface area contributed by atoms with E-state index in [9.17, 15) is 9.59 Å². The van der Waals surface area contributed by atoms with Crippen LogP contribution in [0.25, 0.3) is 0 Å². The zero-order valence-corrected chi connectivity index (χ0v) is 13.3. The summed E-state index contributed by atoms with van der Waals surface area (Å²) in [5, 5.41) is 2.97. The molecule has 0 bridgehead atoms. The number of anilines is 2. The standard InChI is InChI=1S/C17H23N3O2/c1-19(2)17(22)14-8-7-13(18-16(21)12-5-6-12)11-15(14)20-9-3-4-10-20/h7-8,11-12H,3-6,9-10H2,1-2H3,(H,18,21). The summed E-state index contributed by atoms with van der Waals surface area (Å²) >= 11 is 0. The Morgan fingerprint density at radius 2 is 1.86 bits per heavy atom. The normalized spacial score (nSPS) is 17.5. The molecule has 0 unspecified atom stereocenters. The number of nitrogens with zero attached hydrogens (tertiary/aromatic N) is 2. The first-order chi connectivity index (χ1) is 10.6. The fourth-order valence-electron chi connectivity index (χ4n) is 2.84. The second-order valence-corrected chi connectivity index (χ2v) is 6.39. The van der Waals surface area contributed by atoms with Crippen LogP contribution in [0.15, 0.2) is 18.2 Å². The number of hydrogen-bond donors (Lipinski definition) is 1. The Morgan fingerprint density at radius 1 is 1.18 bits per heavy atom. The summed E-state index contributed by atoms with van der Waals surface area (Å²) in [7, 11) is 3.53. The summed E-state index contributed by atoms with van der Waals surface area (Å²) < 4.78 is 0. The molecule has 2 fully saturated rings. The molecule has 0 radical (unpaired) electrons. The van der Waals surface area contributed by atoms with E-state index in [1.165, 1.54) is 0 Å². The van der Waals surface area contributed by atoms with Gasteiger partial charge in [-0.1, -0.05) is 0 Å². The molecule has 1 saturated carbocycles. The van der Waals surface area contributed by atoms with Gasteiger partial charge in [0, 0.05) is 38.8 Å². The molecule has 1 heterocycles. The molecule has 0 atom stereocenters. The van der Waals surface area contributed by atoms with Crippen LogP contribution < -0.4 is 10.2 Å². The maximum Gasteiger partial charge on any atom is 0.255 e. The van der Waals surface area contributed by atoms with Crippen LogP contribution >= 0.6 is 0 Å².